The van der Waals surface area contributed by atoms with Gasteiger partial charge < -0.3 is 10.1 Å². The Hall–Kier alpha value is -2.91. The average molecular weight is 591 g/mol. The summed E-state index contributed by atoms with van der Waals surface area (Å²) in [5, 5.41) is 4.18. The van der Waals surface area contributed by atoms with Crippen LogP contribution in [-0.4, -0.2) is 35.7 Å². The molecule has 5 nitrogen and oxygen atoms in total. The summed E-state index contributed by atoms with van der Waals surface area (Å²) in [6.45, 7) is 4.78. The number of aromatic nitrogens is 2. The van der Waals surface area contributed by atoms with Gasteiger partial charge in [-0.1, -0.05) is 60.9 Å². The minimum Gasteiger partial charge on any atom is -0.383 e. The van der Waals surface area contributed by atoms with Gasteiger partial charge in [0, 0.05) is 36.1 Å². The normalized spacial score (nSPS) is 11.6. The van der Waals surface area contributed by atoms with E-state index < -0.39 is 11.2 Å². The maximum atomic E-state index is 14.9. The van der Waals surface area contributed by atoms with Gasteiger partial charge in [-0.2, -0.15) is 0 Å². The highest BCUT2D eigenvalue weighted by molar-refractivity contribution is 7.98. The SMILES string of the molecule is COCCNC(=O)c1ccc(CSc2ncc(C(C)(C)c3ccc(Cl)c(Cl)c3)n2-c2ccc(F)cc2)c(F)c1. The molecule has 0 fully saturated rings. The number of imidazole rings is 1. The molecular weight excluding hydrogens is 563 g/mol. The van der Waals surface area contributed by atoms with Crippen molar-refractivity contribution >= 4 is 40.9 Å². The molecule has 4 aromatic rings. The van der Waals surface area contributed by atoms with Gasteiger partial charge >= 0.3 is 0 Å². The summed E-state index contributed by atoms with van der Waals surface area (Å²) in [7, 11) is 1.54. The number of methoxy groups -OCH3 is 1. The van der Waals surface area contributed by atoms with Crippen LogP contribution in [0.1, 0.15) is 41.0 Å². The molecule has 0 aliphatic rings. The van der Waals surface area contributed by atoms with Crippen LogP contribution in [0.4, 0.5) is 8.78 Å². The van der Waals surface area contributed by atoms with Gasteiger partial charge in [-0.3, -0.25) is 9.36 Å². The number of nitrogens with one attached hydrogen (secondary N) is 1. The fraction of sp³-hybridized carbons (Fsp3) is 0.241. The molecule has 39 heavy (non-hydrogen) atoms. The predicted octanol–water partition coefficient (Wildman–Crippen LogP) is 7.45. The van der Waals surface area contributed by atoms with Gasteiger partial charge in [-0.05, 0) is 59.7 Å². The third-order valence-corrected chi connectivity index (χ3v) is 8.10. The largest absolute Gasteiger partial charge is 0.383 e. The minimum absolute atomic E-state index is 0.232. The van der Waals surface area contributed by atoms with E-state index in [-0.39, 0.29) is 23.0 Å². The van der Waals surface area contributed by atoms with Crippen LogP contribution < -0.4 is 5.32 Å². The molecule has 0 bridgehead atoms. The number of hydrogen-bond donors (Lipinski definition) is 1. The van der Waals surface area contributed by atoms with E-state index in [4.69, 9.17) is 27.9 Å². The smallest absolute Gasteiger partial charge is 0.251 e. The number of nitrogens with zero attached hydrogens (tertiary/aromatic N) is 2. The average Bonchev–Trinajstić information content (AvgIpc) is 3.34. The number of carbonyl (C=O) groups excluding carboxylic acids is 1. The number of halogens is 4. The van der Waals surface area contributed by atoms with Gasteiger partial charge in [0.25, 0.3) is 5.91 Å². The summed E-state index contributed by atoms with van der Waals surface area (Å²) in [4.78, 5) is 16.9. The van der Waals surface area contributed by atoms with Gasteiger partial charge in [0.2, 0.25) is 0 Å². The molecule has 0 saturated carbocycles. The molecule has 0 aliphatic heterocycles. The number of carbonyl (C=O) groups is 1. The highest BCUT2D eigenvalue weighted by Gasteiger charge is 2.30. The molecule has 1 N–H and O–H groups in total. The van der Waals surface area contributed by atoms with Crippen LogP contribution in [0.3, 0.4) is 0 Å². The van der Waals surface area contributed by atoms with Crippen molar-refractivity contribution in [1.29, 1.82) is 0 Å². The number of amides is 1. The first-order valence-corrected chi connectivity index (χ1v) is 13.8. The topological polar surface area (TPSA) is 56.1 Å². The molecule has 0 spiro atoms. The molecule has 1 aromatic heterocycles. The molecule has 1 amide bonds. The fourth-order valence-corrected chi connectivity index (χ4v) is 5.34. The number of thioether (sulfide) groups is 1. The van der Waals surface area contributed by atoms with Crippen LogP contribution in [0, 0.1) is 11.6 Å². The monoisotopic (exact) mass is 589 g/mol. The molecule has 0 saturated heterocycles. The zero-order valence-electron chi connectivity index (χ0n) is 21.6. The van der Waals surface area contributed by atoms with Crippen LogP contribution in [0.25, 0.3) is 5.69 Å². The Labute approximate surface area is 240 Å². The van der Waals surface area contributed by atoms with Crippen LogP contribution in [0.5, 0.6) is 0 Å². The lowest BCUT2D eigenvalue weighted by atomic mass is 9.81. The lowest BCUT2D eigenvalue weighted by molar-refractivity contribution is 0.0936. The van der Waals surface area contributed by atoms with Gasteiger partial charge in [-0.25, -0.2) is 13.8 Å². The second-order valence-electron chi connectivity index (χ2n) is 9.34. The van der Waals surface area contributed by atoms with Crippen molar-refractivity contribution in [2.45, 2.75) is 30.2 Å². The van der Waals surface area contributed by atoms with Crippen molar-refractivity contribution in [3.8, 4) is 5.69 Å². The van der Waals surface area contributed by atoms with Crippen LogP contribution in [0.2, 0.25) is 10.0 Å². The first kappa shape index (κ1) is 29.1. The lowest BCUT2D eigenvalue weighted by Crippen LogP contribution is -2.27. The summed E-state index contributed by atoms with van der Waals surface area (Å²) >= 11 is 13.8. The van der Waals surface area contributed by atoms with Crippen molar-refractivity contribution in [1.82, 2.24) is 14.9 Å². The zero-order valence-corrected chi connectivity index (χ0v) is 23.9. The molecular formula is C29H27Cl2F2N3O2S. The Morgan fingerprint density at radius 3 is 2.46 bits per heavy atom. The fourth-order valence-electron chi connectivity index (χ4n) is 4.07. The number of rotatable bonds is 10. The molecule has 0 radical (unpaired) electrons. The van der Waals surface area contributed by atoms with Crippen molar-refractivity contribution < 1.29 is 18.3 Å². The Morgan fingerprint density at radius 2 is 1.79 bits per heavy atom. The summed E-state index contributed by atoms with van der Waals surface area (Å²) < 4.78 is 35.6. The lowest BCUT2D eigenvalue weighted by Gasteiger charge is -2.28. The quantitative estimate of drug-likeness (QED) is 0.154. The van der Waals surface area contributed by atoms with E-state index in [9.17, 15) is 13.6 Å². The van der Waals surface area contributed by atoms with Gasteiger partial charge in [0.15, 0.2) is 5.16 Å². The second kappa shape index (κ2) is 12.5. The first-order valence-electron chi connectivity index (χ1n) is 12.1. The predicted molar refractivity (Wildman–Crippen MR) is 152 cm³/mol. The maximum Gasteiger partial charge on any atom is 0.251 e. The summed E-state index contributed by atoms with van der Waals surface area (Å²) in [5.41, 5.74) is 2.56. The molecule has 1 heterocycles. The van der Waals surface area contributed by atoms with E-state index >= 15 is 0 Å². The Kier molecular flexibility index (Phi) is 9.33. The molecule has 3 aromatic carbocycles. The van der Waals surface area contributed by atoms with E-state index in [0.717, 1.165) is 11.3 Å². The van der Waals surface area contributed by atoms with Gasteiger partial charge in [-0.15, -0.1) is 0 Å². The van der Waals surface area contributed by atoms with Gasteiger partial charge in [0.1, 0.15) is 11.6 Å². The molecule has 0 unspecified atom stereocenters. The number of ether oxygens (including phenoxy) is 1. The van der Waals surface area contributed by atoms with Crippen molar-refractivity contribution in [2.24, 2.45) is 0 Å². The van der Waals surface area contributed by atoms with Crippen molar-refractivity contribution in [3.63, 3.8) is 0 Å². The second-order valence-corrected chi connectivity index (χ2v) is 11.1. The van der Waals surface area contributed by atoms with Crippen LogP contribution in [0.15, 0.2) is 72.0 Å². The zero-order chi connectivity index (χ0) is 28.2. The Bertz CT molecular complexity index is 1480. The number of benzene rings is 3. The third-order valence-electron chi connectivity index (χ3n) is 6.36. The van der Waals surface area contributed by atoms with E-state index in [1.165, 1.54) is 37.1 Å². The molecule has 204 valence electrons. The third kappa shape index (κ3) is 6.64. The first-order chi connectivity index (χ1) is 18.6. The highest BCUT2D eigenvalue weighted by atomic mass is 35.5. The van der Waals surface area contributed by atoms with E-state index in [1.54, 1.807) is 36.5 Å². The standard InChI is InChI=1S/C29H27Cl2F2N3O2S/c1-29(2,20-6-11-23(30)24(31)15-20)26-16-35-28(36(26)22-9-7-21(32)8-10-22)39-17-19-5-4-18(14-25(19)33)27(37)34-12-13-38-3/h4-11,14-16H,12-13,17H2,1-3H3,(H,34,37). The van der Waals surface area contributed by atoms with E-state index in [1.807, 2.05) is 30.5 Å². The molecule has 0 atom stereocenters. The Morgan fingerprint density at radius 1 is 1.05 bits per heavy atom. The Balaban J connectivity index is 1.64. The maximum absolute atomic E-state index is 14.9. The molecule has 10 heteroatoms. The van der Waals surface area contributed by atoms with Crippen molar-refractivity contribution in [3.05, 3.63) is 111 Å². The van der Waals surface area contributed by atoms with Crippen LogP contribution in [-0.2, 0) is 15.9 Å². The molecule has 0 aliphatic carbocycles. The minimum atomic E-state index is -0.558. The van der Waals surface area contributed by atoms with E-state index in [0.29, 0.717) is 39.6 Å². The van der Waals surface area contributed by atoms with Gasteiger partial charge in [0.05, 0.1) is 28.5 Å². The van der Waals surface area contributed by atoms with E-state index in [2.05, 4.69) is 10.3 Å². The summed E-state index contributed by atoms with van der Waals surface area (Å²) in [6, 6.07) is 16.0. The van der Waals surface area contributed by atoms with Crippen LogP contribution >= 0.6 is 35.0 Å². The molecule has 4 rings (SSSR count). The number of hydrogen-bond acceptors (Lipinski definition) is 4. The summed E-state index contributed by atoms with van der Waals surface area (Å²) in [5.74, 6) is -0.946. The highest BCUT2D eigenvalue weighted by Crippen LogP contribution is 2.38. The summed E-state index contributed by atoms with van der Waals surface area (Å²) in [6.07, 6.45) is 1.76. The van der Waals surface area contributed by atoms with Crippen molar-refractivity contribution in [2.75, 3.05) is 20.3 Å².